The van der Waals surface area contributed by atoms with Gasteiger partial charge in [0.05, 0.1) is 12.5 Å². The maximum Gasteiger partial charge on any atom is 0.326 e. The zero-order valence-electron chi connectivity index (χ0n) is 25.7. The van der Waals surface area contributed by atoms with E-state index in [-0.39, 0.29) is 37.7 Å². The summed E-state index contributed by atoms with van der Waals surface area (Å²) in [5.41, 5.74) is 21.7. The number of thioether (sulfide) groups is 1. The fourth-order valence-electron chi connectivity index (χ4n) is 3.88. The van der Waals surface area contributed by atoms with Gasteiger partial charge in [0, 0.05) is 13.0 Å². The summed E-state index contributed by atoms with van der Waals surface area (Å²) in [6, 6.07) is -6.54. The lowest BCUT2D eigenvalue weighted by atomic mass is 10.0. The van der Waals surface area contributed by atoms with Crippen molar-refractivity contribution < 1.29 is 43.8 Å². The molecule has 0 saturated carbocycles. The standard InChI is InChI=1S/C26H47N9O9S/c1-13(2)11-17(24(42)33-16(6-7-20(37)38)23(41)35-18(25(43)44)12-19(28)36)34-22(40)15(5-4-9-31-26(29)30)32-21(39)14(27)8-10-45-3/h13-18H,4-12,27H2,1-3H3,(H2,28,36)(H,32,39)(H,33,42)(H,34,40)(H,35,41)(H,37,38)(H,43,44)(H4,29,30,31)/t14-,15-,16-,17-,18-/m0/s1. The normalized spacial score (nSPS) is 14.2. The molecule has 0 heterocycles. The van der Waals surface area contributed by atoms with E-state index < -0.39 is 90.9 Å². The number of hydrogen-bond acceptors (Lipinski definition) is 10. The first-order valence-corrected chi connectivity index (χ1v) is 15.6. The van der Waals surface area contributed by atoms with E-state index >= 15 is 0 Å². The van der Waals surface area contributed by atoms with Gasteiger partial charge in [-0.2, -0.15) is 11.8 Å². The Balaban J connectivity index is 6.01. The molecule has 19 heteroatoms. The molecule has 0 spiro atoms. The quantitative estimate of drug-likeness (QED) is 0.0296. The van der Waals surface area contributed by atoms with Crippen molar-refractivity contribution in [3.05, 3.63) is 0 Å². The van der Waals surface area contributed by atoms with Crippen LogP contribution in [0.2, 0.25) is 0 Å². The summed E-state index contributed by atoms with van der Waals surface area (Å²) < 4.78 is 0. The van der Waals surface area contributed by atoms with Gasteiger partial charge in [-0.05, 0) is 50.0 Å². The van der Waals surface area contributed by atoms with E-state index in [4.69, 9.17) is 28.0 Å². The van der Waals surface area contributed by atoms with Crippen LogP contribution in [0.25, 0.3) is 0 Å². The average molecular weight is 662 g/mol. The van der Waals surface area contributed by atoms with Crippen molar-refractivity contribution in [3.8, 4) is 0 Å². The zero-order valence-corrected chi connectivity index (χ0v) is 26.6. The van der Waals surface area contributed by atoms with Crippen LogP contribution in [0.3, 0.4) is 0 Å². The third kappa shape index (κ3) is 18.3. The highest BCUT2D eigenvalue weighted by Crippen LogP contribution is 2.10. The fraction of sp³-hybridized carbons (Fsp3) is 0.692. The van der Waals surface area contributed by atoms with Gasteiger partial charge in [0.15, 0.2) is 5.96 Å². The number of carbonyl (C=O) groups is 7. The predicted molar refractivity (Wildman–Crippen MR) is 166 cm³/mol. The molecule has 0 radical (unpaired) electrons. The topological polar surface area (TPSA) is 325 Å². The van der Waals surface area contributed by atoms with Gasteiger partial charge >= 0.3 is 11.9 Å². The molecule has 0 rings (SSSR count). The molecule has 14 N–H and O–H groups in total. The molecule has 5 atom stereocenters. The van der Waals surface area contributed by atoms with E-state index in [9.17, 15) is 38.7 Å². The first-order valence-electron chi connectivity index (χ1n) is 14.2. The largest absolute Gasteiger partial charge is 0.481 e. The number of hydrogen-bond donors (Lipinski definition) is 10. The molecule has 0 bridgehead atoms. The Hall–Kier alpha value is -4.13. The lowest BCUT2D eigenvalue weighted by Crippen LogP contribution is -2.58. The molecular weight excluding hydrogens is 614 g/mol. The second-order valence-electron chi connectivity index (χ2n) is 10.7. The second-order valence-corrected chi connectivity index (χ2v) is 11.6. The molecule has 0 fully saturated rings. The summed E-state index contributed by atoms with van der Waals surface area (Å²) in [6.07, 6.45) is 0.894. The first-order chi connectivity index (χ1) is 21.0. The first kappa shape index (κ1) is 40.9. The van der Waals surface area contributed by atoms with E-state index in [0.29, 0.717) is 12.2 Å². The number of amides is 5. The Kier molecular flexibility index (Phi) is 19.6. The zero-order chi connectivity index (χ0) is 34.7. The molecule has 0 saturated heterocycles. The van der Waals surface area contributed by atoms with Gasteiger partial charge in [0.25, 0.3) is 0 Å². The van der Waals surface area contributed by atoms with Crippen LogP contribution in [-0.4, -0.2) is 106 Å². The Morgan fingerprint density at radius 3 is 1.76 bits per heavy atom. The lowest BCUT2D eigenvalue weighted by molar-refractivity contribution is -0.144. The highest BCUT2D eigenvalue weighted by Gasteiger charge is 2.32. The molecule has 45 heavy (non-hydrogen) atoms. The fourth-order valence-corrected chi connectivity index (χ4v) is 4.37. The monoisotopic (exact) mass is 661 g/mol. The molecule has 18 nitrogen and oxygen atoms in total. The molecule has 256 valence electrons. The van der Waals surface area contributed by atoms with Gasteiger partial charge in [-0.1, -0.05) is 13.8 Å². The van der Waals surface area contributed by atoms with E-state index in [0.717, 1.165) is 0 Å². The molecular formula is C26H47N9O9S. The summed E-state index contributed by atoms with van der Waals surface area (Å²) in [5, 5.41) is 28.1. The lowest BCUT2D eigenvalue weighted by Gasteiger charge is -2.27. The van der Waals surface area contributed by atoms with Gasteiger partial charge in [-0.25, -0.2) is 4.79 Å². The van der Waals surface area contributed by atoms with Crippen LogP contribution < -0.4 is 44.2 Å². The predicted octanol–water partition coefficient (Wildman–Crippen LogP) is -3.07. The minimum Gasteiger partial charge on any atom is -0.481 e. The molecule has 0 aromatic heterocycles. The van der Waals surface area contributed by atoms with E-state index in [1.807, 2.05) is 6.26 Å². The van der Waals surface area contributed by atoms with Crippen LogP contribution >= 0.6 is 11.8 Å². The number of aliphatic imine (C=N–C) groups is 1. The van der Waals surface area contributed by atoms with Crippen molar-refractivity contribution in [3.63, 3.8) is 0 Å². The summed E-state index contributed by atoms with van der Waals surface area (Å²) in [6.45, 7) is 3.69. The van der Waals surface area contributed by atoms with Crippen LogP contribution in [0, 0.1) is 5.92 Å². The number of carboxylic acid groups (broad SMARTS) is 2. The Labute approximate surface area is 265 Å². The van der Waals surface area contributed by atoms with Crippen molar-refractivity contribution in [1.29, 1.82) is 0 Å². The SMILES string of the molecule is CSCC[C@H](N)C(=O)N[C@@H](CCCN=C(N)N)C(=O)N[C@@H](CC(C)C)C(=O)N[C@@H](CCC(=O)O)C(=O)N[C@@H](CC(N)=O)C(=O)O. The van der Waals surface area contributed by atoms with Crippen molar-refractivity contribution >= 4 is 59.2 Å². The van der Waals surface area contributed by atoms with Crippen molar-refractivity contribution in [1.82, 2.24) is 21.3 Å². The third-order valence-electron chi connectivity index (χ3n) is 6.19. The number of guanidine groups is 1. The minimum absolute atomic E-state index is 0.0756. The molecule has 0 aliphatic rings. The number of nitrogens with two attached hydrogens (primary N) is 4. The molecule has 0 aromatic carbocycles. The maximum atomic E-state index is 13.4. The van der Waals surface area contributed by atoms with Crippen molar-refractivity contribution in [2.75, 3.05) is 18.6 Å². The number of aliphatic carboxylic acids is 2. The summed E-state index contributed by atoms with van der Waals surface area (Å²) in [7, 11) is 0. The Morgan fingerprint density at radius 1 is 0.756 bits per heavy atom. The summed E-state index contributed by atoms with van der Waals surface area (Å²) >= 11 is 1.50. The molecule has 0 aromatic rings. The van der Waals surface area contributed by atoms with Crippen LogP contribution in [0.4, 0.5) is 0 Å². The number of nitrogens with zero attached hydrogens (tertiary/aromatic N) is 1. The highest BCUT2D eigenvalue weighted by atomic mass is 32.2. The number of primary amides is 1. The van der Waals surface area contributed by atoms with Crippen LogP contribution in [0.15, 0.2) is 4.99 Å². The van der Waals surface area contributed by atoms with E-state index in [1.165, 1.54) is 11.8 Å². The van der Waals surface area contributed by atoms with Gasteiger partial charge in [-0.15, -0.1) is 0 Å². The molecule has 0 aliphatic heterocycles. The second kappa shape index (κ2) is 21.6. The number of carbonyl (C=O) groups excluding carboxylic acids is 5. The van der Waals surface area contributed by atoms with Gasteiger partial charge in [-0.3, -0.25) is 33.8 Å². The Bertz CT molecular complexity index is 1070. The average Bonchev–Trinajstić information content (AvgIpc) is 2.93. The van der Waals surface area contributed by atoms with Gasteiger partial charge in [0.1, 0.15) is 24.2 Å². The molecule has 0 aliphatic carbocycles. The van der Waals surface area contributed by atoms with E-state index in [2.05, 4.69) is 26.3 Å². The van der Waals surface area contributed by atoms with Crippen LogP contribution in [-0.2, 0) is 33.6 Å². The summed E-state index contributed by atoms with van der Waals surface area (Å²) in [4.78, 5) is 90.2. The third-order valence-corrected chi connectivity index (χ3v) is 6.83. The molecule has 0 unspecified atom stereocenters. The Morgan fingerprint density at radius 2 is 1.27 bits per heavy atom. The maximum absolute atomic E-state index is 13.4. The molecule has 5 amide bonds. The highest BCUT2D eigenvalue weighted by molar-refractivity contribution is 7.98. The van der Waals surface area contributed by atoms with Crippen molar-refractivity contribution in [2.45, 2.75) is 89.0 Å². The number of carboxylic acids is 2. The summed E-state index contributed by atoms with van der Waals surface area (Å²) in [5.74, 6) is -6.84. The van der Waals surface area contributed by atoms with Crippen LogP contribution in [0.1, 0.15) is 58.8 Å². The van der Waals surface area contributed by atoms with Crippen molar-refractivity contribution in [2.24, 2.45) is 33.8 Å². The number of rotatable bonds is 23. The van der Waals surface area contributed by atoms with E-state index in [1.54, 1.807) is 13.8 Å². The minimum atomic E-state index is -1.73. The van der Waals surface area contributed by atoms with Crippen LogP contribution in [0.5, 0.6) is 0 Å². The van der Waals surface area contributed by atoms with Gasteiger partial charge < -0.3 is 54.4 Å². The number of nitrogens with one attached hydrogen (secondary N) is 4. The van der Waals surface area contributed by atoms with Gasteiger partial charge in [0.2, 0.25) is 29.5 Å². The smallest absolute Gasteiger partial charge is 0.326 e.